The van der Waals surface area contributed by atoms with E-state index in [9.17, 15) is 14.4 Å². The number of benzene rings is 1. The van der Waals surface area contributed by atoms with Crippen LogP contribution in [0.15, 0.2) is 36.4 Å². The highest BCUT2D eigenvalue weighted by atomic mass is 32.1. The topological polar surface area (TPSA) is 90.3 Å². The summed E-state index contributed by atoms with van der Waals surface area (Å²) in [6, 6.07) is 11.3. The summed E-state index contributed by atoms with van der Waals surface area (Å²) >= 11 is 0.983. The fourth-order valence-electron chi connectivity index (χ4n) is 3.08. The Hall–Kier alpha value is -3.26. The van der Waals surface area contributed by atoms with Crippen molar-refractivity contribution < 1.29 is 19.1 Å². The molecule has 0 atom stereocenters. The number of anilines is 1. The third kappa shape index (κ3) is 4.12. The van der Waals surface area contributed by atoms with Crippen LogP contribution in [0.1, 0.15) is 44.0 Å². The summed E-state index contributed by atoms with van der Waals surface area (Å²) in [7, 11) is 0. The molecule has 150 valence electrons. The first-order valence-electron chi connectivity index (χ1n) is 9.08. The Morgan fingerprint density at radius 2 is 1.83 bits per heavy atom. The average Bonchev–Trinajstić information content (AvgIpc) is 3.20. The van der Waals surface area contributed by atoms with Crippen molar-refractivity contribution in [1.82, 2.24) is 9.55 Å². The molecule has 3 aromatic rings. The van der Waals surface area contributed by atoms with Crippen LogP contribution in [0.4, 0.5) is 5.13 Å². The van der Waals surface area contributed by atoms with Crippen molar-refractivity contribution in [2.45, 2.75) is 27.7 Å². The normalized spacial score (nSPS) is 10.6. The van der Waals surface area contributed by atoms with E-state index in [1.165, 1.54) is 0 Å². The first-order valence-corrected chi connectivity index (χ1v) is 9.89. The molecule has 0 aliphatic carbocycles. The van der Waals surface area contributed by atoms with Crippen LogP contribution in [-0.4, -0.2) is 33.8 Å². The molecule has 0 saturated heterocycles. The highest BCUT2D eigenvalue weighted by molar-refractivity contribution is 7.17. The molecule has 0 fully saturated rings. The van der Waals surface area contributed by atoms with Crippen molar-refractivity contribution >= 4 is 34.1 Å². The lowest BCUT2D eigenvalue weighted by Crippen LogP contribution is -2.23. The number of esters is 1. The van der Waals surface area contributed by atoms with Crippen molar-refractivity contribution in [3.8, 4) is 5.69 Å². The monoisotopic (exact) mass is 411 g/mol. The molecule has 2 aromatic heterocycles. The first kappa shape index (κ1) is 20.5. The van der Waals surface area contributed by atoms with E-state index in [2.05, 4.69) is 10.3 Å². The fourth-order valence-corrected chi connectivity index (χ4v) is 3.93. The van der Waals surface area contributed by atoms with Crippen molar-refractivity contribution in [3.63, 3.8) is 0 Å². The third-order valence-electron chi connectivity index (χ3n) is 4.37. The largest absolute Gasteiger partial charge is 0.462 e. The van der Waals surface area contributed by atoms with E-state index >= 15 is 0 Å². The molecule has 0 aliphatic heterocycles. The maximum atomic E-state index is 12.8. The number of ketones is 1. The van der Waals surface area contributed by atoms with Gasteiger partial charge in [0.05, 0.1) is 12.3 Å². The molecular formula is C21H21N3O4S. The molecule has 8 heteroatoms. The molecule has 0 bridgehead atoms. The van der Waals surface area contributed by atoms with E-state index in [4.69, 9.17) is 4.74 Å². The van der Waals surface area contributed by atoms with Crippen LogP contribution in [0.3, 0.4) is 0 Å². The predicted molar refractivity (Wildman–Crippen MR) is 111 cm³/mol. The second-order valence-corrected chi connectivity index (χ2v) is 7.39. The summed E-state index contributed by atoms with van der Waals surface area (Å²) in [5, 5.41) is 2.68. The molecule has 1 N–H and O–H groups in total. The molecule has 0 aliphatic rings. The van der Waals surface area contributed by atoms with E-state index in [0.717, 1.165) is 22.7 Å². The number of aryl methyl sites for hydroxylation is 2. The Kier molecular flexibility index (Phi) is 5.93. The van der Waals surface area contributed by atoms with E-state index in [1.54, 1.807) is 26.8 Å². The highest BCUT2D eigenvalue weighted by Gasteiger charge is 2.24. The molecule has 0 saturated carbocycles. The number of aromatic nitrogens is 2. The zero-order chi connectivity index (χ0) is 21.1. The lowest BCUT2D eigenvalue weighted by atomic mass is 10.1. The van der Waals surface area contributed by atoms with E-state index in [-0.39, 0.29) is 11.7 Å². The molecule has 3 rings (SSSR count). The van der Waals surface area contributed by atoms with Gasteiger partial charge in [-0.1, -0.05) is 29.5 Å². The molecule has 0 radical (unpaired) electrons. The van der Waals surface area contributed by atoms with Gasteiger partial charge in [0.25, 0.3) is 11.7 Å². The van der Waals surface area contributed by atoms with Crippen molar-refractivity contribution in [1.29, 1.82) is 0 Å². The lowest BCUT2D eigenvalue weighted by Gasteiger charge is -2.09. The number of thiazole rings is 1. The van der Waals surface area contributed by atoms with Gasteiger partial charge >= 0.3 is 5.97 Å². The second kappa shape index (κ2) is 8.40. The SMILES string of the molecule is CCOC(=O)c1sc(NC(=O)C(=O)c2cc(C)n(-c3ccccc3)c2C)nc1C. The quantitative estimate of drug-likeness (QED) is 0.378. The van der Waals surface area contributed by atoms with Crippen LogP contribution in [0.25, 0.3) is 5.69 Å². The first-order chi connectivity index (χ1) is 13.8. The molecular weight excluding hydrogens is 390 g/mol. The number of hydrogen-bond donors (Lipinski definition) is 1. The number of hydrogen-bond acceptors (Lipinski definition) is 6. The van der Waals surface area contributed by atoms with Gasteiger partial charge in [0, 0.05) is 22.6 Å². The Bertz CT molecular complexity index is 1080. The minimum absolute atomic E-state index is 0.181. The minimum Gasteiger partial charge on any atom is -0.462 e. The smallest absolute Gasteiger partial charge is 0.350 e. The summed E-state index contributed by atoms with van der Waals surface area (Å²) in [6.07, 6.45) is 0. The zero-order valence-corrected chi connectivity index (χ0v) is 17.4. The fraction of sp³-hybridized carbons (Fsp3) is 0.238. The van der Waals surface area contributed by atoms with Gasteiger partial charge in [-0.2, -0.15) is 0 Å². The van der Waals surface area contributed by atoms with Crippen LogP contribution in [0.5, 0.6) is 0 Å². The summed E-state index contributed by atoms with van der Waals surface area (Å²) in [4.78, 5) is 41.6. The Morgan fingerprint density at radius 1 is 1.14 bits per heavy atom. The third-order valence-corrected chi connectivity index (χ3v) is 5.43. The maximum Gasteiger partial charge on any atom is 0.350 e. The van der Waals surface area contributed by atoms with Crippen LogP contribution >= 0.6 is 11.3 Å². The number of amides is 1. The Labute approximate surface area is 172 Å². The van der Waals surface area contributed by atoms with Crippen molar-refractivity contribution in [2.24, 2.45) is 0 Å². The predicted octanol–water partition coefficient (Wildman–Crippen LogP) is 3.86. The number of ether oxygens (including phenoxy) is 1. The van der Waals surface area contributed by atoms with Crippen LogP contribution < -0.4 is 5.32 Å². The highest BCUT2D eigenvalue weighted by Crippen LogP contribution is 2.25. The molecule has 2 heterocycles. The number of rotatable bonds is 6. The zero-order valence-electron chi connectivity index (χ0n) is 16.6. The van der Waals surface area contributed by atoms with Crippen LogP contribution in [-0.2, 0) is 9.53 Å². The number of nitrogens with one attached hydrogen (secondary N) is 1. The molecule has 7 nitrogen and oxygen atoms in total. The summed E-state index contributed by atoms with van der Waals surface area (Å²) in [5.41, 5.74) is 3.20. The Morgan fingerprint density at radius 3 is 2.48 bits per heavy atom. The minimum atomic E-state index is -0.803. The average molecular weight is 411 g/mol. The number of carbonyl (C=O) groups is 3. The van der Waals surface area contributed by atoms with Crippen molar-refractivity contribution in [2.75, 3.05) is 11.9 Å². The van der Waals surface area contributed by atoms with Gasteiger partial charge in [-0.25, -0.2) is 9.78 Å². The van der Waals surface area contributed by atoms with E-state index in [0.29, 0.717) is 21.8 Å². The maximum absolute atomic E-state index is 12.8. The van der Waals surface area contributed by atoms with Crippen LogP contribution in [0, 0.1) is 20.8 Å². The van der Waals surface area contributed by atoms with Crippen molar-refractivity contribution in [3.05, 3.63) is 63.9 Å². The summed E-state index contributed by atoms with van der Waals surface area (Å²) < 4.78 is 6.89. The van der Waals surface area contributed by atoms with E-state index < -0.39 is 17.7 Å². The number of para-hydroxylation sites is 1. The lowest BCUT2D eigenvalue weighted by molar-refractivity contribution is -0.112. The number of nitrogens with zero attached hydrogens (tertiary/aromatic N) is 2. The molecule has 1 aromatic carbocycles. The van der Waals surface area contributed by atoms with Gasteiger partial charge in [-0.05, 0) is 45.9 Å². The second-order valence-electron chi connectivity index (χ2n) is 6.39. The van der Waals surface area contributed by atoms with Gasteiger partial charge < -0.3 is 9.30 Å². The number of carbonyl (C=O) groups excluding carboxylic acids is 3. The Balaban J connectivity index is 1.82. The van der Waals surface area contributed by atoms with Gasteiger partial charge in [-0.15, -0.1) is 0 Å². The standard InChI is InChI=1S/C21H21N3O4S/c1-5-28-20(27)18-13(3)22-21(29-18)23-19(26)17(25)16-11-12(2)24(14(16)4)15-9-7-6-8-10-15/h6-11H,5H2,1-4H3,(H,22,23,26). The van der Waals surface area contributed by atoms with E-state index in [1.807, 2.05) is 41.8 Å². The van der Waals surface area contributed by atoms with Gasteiger partial charge in [-0.3, -0.25) is 14.9 Å². The molecule has 1 amide bonds. The van der Waals surface area contributed by atoms with Gasteiger partial charge in [0.1, 0.15) is 4.88 Å². The molecule has 0 unspecified atom stereocenters. The molecule has 29 heavy (non-hydrogen) atoms. The summed E-state index contributed by atoms with van der Waals surface area (Å²) in [6.45, 7) is 7.28. The van der Waals surface area contributed by atoms with Gasteiger partial charge in [0.2, 0.25) is 0 Å². The van der Waals surface area contributed by atoms with Crippen LogP contribution in [0.2, 0.25) is 0 Å². The van der Waals surface area contributed by atoms with Gasteiger partial charge in [0.15, 0.2) is 5.13 Å². The number of Topliss-reactive ketones (excluding diaryl/α,β-unsaturated/α-hetero) is 1. The summed E-state index contributed by atoms with van der Waals surface area (Å²) in [5.74, 6) is -1.96. The molecule has 0 spiro atoms.